The molecule has 240 valence electrons. The van der Waals surface area contributed by atoms with Crippen molar-refractivity contribution in [3.05, 3.63) is 85.0 Å². The molecule has 7 atom stereocenters. The van der Waals surface area contributed by atoms with Crippen LogP contribution in [0.4, 0.5) is 11.4 Å². The molecule has 2 aromatic rings. The van der Waals surface area contributed by atoms with Gasteiger partial charge in [0.25, 0.3) is 5.91 Å². The van der Waals surface area contributed by atoms with Gasteiger partial charge in [0.2, 0.25) is 11.8 Å². The number of hydrogen-bond acceptors (Lipinski definition) is 5. The number of benzene rings is 2. The van der Waals surface area contributed by atoms with Crippen LogP contribution in [-0.4, -0.2) is 70.7 Å². The van der Waals surface area contributed by atoms with Crippen molar-refractivity contribution >= 4 is 29.1 Å². The van der Waals surface area contributed by atoms with Gasteiger partial charge in [0.15, 0.2) is 0 Å². The summed E-state index contributed by atoms with van der Waals surface area (Å²) in [6, 6.07) is 13.7. The van der Waals surface area contributed by atoms with Gasteiger partial charge < -0.3 is 24.5 Å². The van der Waals surface area contributed by atoms with Crippen LogP contribution in [0.2, 0.25) is 0 Å². The van der Waals surface area contributed by atoms with Gasteiger partial charge in [0.1, 0.15) is 11.6 Å². The molecule has 0 radical (unpaired) electrons. The summed E-state index contributed by atoms with van der Waals surface area (Å²) < 4.78 is 6.94. The number of aryl methyl sites for hydroxylation is 2. The average molecular weight is 614 g/mol. The Balaban J connectivity index is 1.67. The molecule has 3 saturated heterocycles. The van der Waals surface area contributed by atoms with E-state index in [1.165, 1.54) is 0 Å². The van der Waals surface area contributed by atoms with Crippen LogP contribution in [0.15, 0.2) is 73.8 Å². The van der Waals surface area contributed by atoms with Gasteiger partial charge in [-0.2, -0.15) is 0 Å². The van der Waals surface area contributed by atoms with Crippen molar-refractivity contribution in [3.8, 4) is 0 Å². The molecule has 3 heterocycles. The van der Waals surface area contributed by atoms with E-state index in [1.54, 1.807) is 26.9 Å². The zero-order valence-electron chi connectivity index (χ0n) is 27.2. The molecule has 0 aliphatic carbocycles. The second-order valence-corrected chi connectivity index (χ2v) is 13.2. The molecule has 2 unspecified atom stereocenters. The summed E-state index contributed by atoms with van der Waals surface area (Å²) in [5.74, 6) is -2.61. The summed E-state index contributed by atoms with van der Waals surface area (Å²) in [5.41, 5.74) is 1.20. The van der Waals surface area contributed by atoms with Gasteiger partial charge in [-0.05, 0) is 68.9 Å². The van der Waals surface area contributed by atoms with Crippen LogP contribution in [0.3, 0.4) is 0 Å². The number of nitrogens with zero attached hydrogens (tertiary/aromatic N) is 3. The molecular formula is C37H47N3O5. The van der Waals surface area contributed by atoms with Gasteiger partial charge in [0, 0.05) is 24.5 Å². The zero-order valence-corrected chi connectivity index (χ0v) is 27.2. The molecule has 3 amide bonds. The van der Waals surface area contributed by atoms with Gasteiger partial charge in [-0.1, -0.05) is 62.8 Å². The Morgan fingerprint density at radius 1 is 1.07 bits per heavy atom. The average Bonchev–Trinajstić information content (AvgIpc) is 3.60. The van der Waals surface area contributed by atoms with Crippen molar-refractivity contribution in [2.24, 2.45) is 17.8 Å². The van der Waals surface area contributed by atoms with Crippen LogP contribution < -0.4 is 9.80 Å². The number of likely N-dealkylation sites (tertiary alicyclic amines) is 1. The Bertz CT molecular complexity index is 1480. The quantitative estimate of drug-likeness (QED) is 0.332. The maximum absolute atomic E-state index is 15.1. The number of hydrogen-bond donors (Lipinski definition) is 1. The van der Waals surface area contributed by atoms with E-state index >= 15 is 4.79 Å². The van der Waals surface area contributed by atoms with Crippen molar-refractivity contribution in [2.45, 2.75) is 77.2 Å². The van der Waals surface area contributed by atoms with Crippen molar-refractivity contribution < 1.29 is 24.2 Å². The second kappa shape index (κ2) is 12.6. The first kappa shape index (κ1) is 32.6. The number of amides is 3. The molecule has 1 N–H and O–H groups in total. The number of aliphatic hydroxyl groups excluding tert-OH is 1. The van der Waals surface area contributed by atoms with Crippen molar-refractivity contribution in [1.29, 1.82) is 0 Å². The summed E-state index contributed by atoms with van der Waals surface area (Å²) >= 11 is 0. The Kier molecular flexibility index (Phi) is 9.11. The summed E-state index contributed by atoms with van der Waals surface area (Å²) in [7, 11) is 0. The van der Waals surface area contributed by atoms with E-state index in [2.05, 4.69) is 13.2 Å². The fourth-order valence-electron chi connectivity index (χ4n) is 8.01. The van der Waals surface area contributed by atoms with Gasteiger partial charge in [-0.3, -0.25) is 14.4 Å². The molecule has 2 aromatic carbocycles. The Labute approximate surface area is 267 Å². The molecule has 0 saturated carbocycles. The normalized spacial score (nSPS) is 28.0. The second-order valence-electron chi connectivity index (χ2n) is 13.2. The lowest BCUT2D eigenvalue weighted by atomic mass is 9.66. The highest BCUT2D eigenvalue weighted by Crippen LogP contribution is 2.64. The monoisotopic (exact) mass is 613 g/mol. The van der Waals surface area contributed by atoms with Gasteiger partial charge in [-0.25, -0.2) is 0 Å². The predicted octanol–water partition coefficient (Wildman–Crippen LogP) is 5.21. The number of anilines is 2. The molecule has 0 aromatic heterocycles. The van der Waals surface area contributed by atoms with Crippen LogP contribution in [0.1, 0.15) is 51.2 Å². The van der Waals surface area contributed by atoms with E-state index < -0.39 is 35.1 Å². The SMILES string of the molecule is C=CCN(C(=O)[C@H]1[C@H]2C(=O)N([C@@H](CO)[C@@H](C)CC)C(C(=O)N(CC=C)c3cc(C)ccc3C)C23CC[C@]1(C)O3)c1ccccc1. The fraction of sp³-hybridized carbons (Fsp3) is 0.486. The molecule has 8 nitrogen and oxygen atoms in total. The molecule has 1 spiro atoms. The van der Waals surface area contributed by atoms with Crippen molar-refractivity contribution in [1.82, 2.24) is 4.90 Å². The van der Waals surface area contributed by atoms with Crippen LogP contribution in [0, 0.1) is 31.6 Å². The molecule has 3 aliphatic heterocycles. The number of para-hydroxylation sites is 1. The summed E-state index contributed by atoms with van der Waals surface area (Å²) in [6.07, 6.45) is 5.04. The maximum Gasteiger partial charge on any atom is 0.253 e. The first-order valence-electron chi connectivity index (χ1n) is 16.1. The fourth-order valence-corrected chi connectivity index (χ4v) is 8.01. The molecule has 3 aliphatic rings. The van der Waals surface area contributed by atoms with Gasteiger partial charge in [0.05, 0.1) is 30.1 Å². The van der Waals surface area contributed by atoms with E-state index in [1.807, 2.05) is 83.1 Å². The minimum absolute atomic E-state index is 0.0958. The van der Waals surface area contributed by atoms with E-state index in [0.717, 1.165) is 16.8 Å². The third-order valence-corrected chi connectivity index (χ3v) is 10.4. The van der Waals surface area contributed by atoms with E-state index in [0.29, 0.717) is 24.9 Å². The highest BCUT2D eigenvalue weighted by Gasteiger charge is 2.79. The Morgan fingerprint density at radius 2 is 1.73 bits per heavy atom. The largest absolute Gasteiger partial charge is 0.394 e. The van der Waals surface area contributed by atoms with E-state index in [4.69, 9.17) is 4.74 Å². The van der Waals surface area contributed by atoms with Crippen LogP contribution in [0.25, 0.3) is 0 Å². The molecule has 3 fully saturated rings. The van der Waals surface area contributed by atoms with Gasteiger partial charge in [-0.15, -0.1) is 13.2 Å². The summed E-state index contributed by atoms with van der Waals surface area (Å²) in [6.45, 7) is 17.8. The highest BCUT2D eigenvalue weighted by molar-refractivity contribution is 6.07. The van der Waals surface area contributed by atoms with Crippen molar-refractivity contribution in [2.75, 3.05) is 29.5 Å². The molecular weight excluding hydrogens is 566 g/mol. The third-order valence-electron chi connectivity index (χ3n) is 10.4. The first-order valence-corrected chi connectivity index (χ1v) is 16.1. The Hall–Kier alpha value is -3.75. The zero-order chi connectivity index (χ0) is 32.7. The number of carbonyl (C=O) groups excluding carboxylic acids is 3. The first-order chi connectivity index (χ1) is 21.5. The molecule has 5 rings (SSSR count). The molecule has 45 heavy (non-hydrogen) atoms. The van der Waals surface area contributed by atoms with E-state index in [9.17, 15) is 14.7 Å². The minimum Gasteiger partial charge on any atom is -0.394 e. The lowest BCUT2D eigenvalue weighted by Crippen LogP contribution is -2.60. The topological polar surface area (TPSA) is 90.4 Å². The van der Waals surface area contributed by atoms with Crippen LogP contribution in [-0.2, 0) is 19.1 Å². The lowest BCUT2D eigenvalue weighted by molar-refractivity contribution is -0.149. The maximum atomic E-state index is 15.1. The number of fused-ring (bicyclic) bond motifs is 1. The number of aliphatic hydroxyl groups is 1. The smallest absolute Gasteiger partial charge is 0.253 e. The summed E-state index contributed by atoms with van der Waals surface area (Å²) in [5, 5.41) is 10.7. The lowest BCUT2D eigenvalue weighted by Gasteiger charge is -2.41. The molecule has 8 heteroatoms. The Morgan fingerprint density at radius 3 is 2.36 bits per heavy atom. The van der Waals surface area contributed by atoms with Crippen LogP contribution >= 0.6 is 0 Å². The minimum atomic E-state index is -1.22. The summed E-state index contributed by atoms with van der Waals surface area (Å²) in [4.78, 5) is 49.5. The number of ether oxygens (including phenoxy) is 1. The highest BCUT2D eigenvalue weighted by atomic mass is 16.5. The van der Waals surface area contributed by atoms with Crippen molar-refractivity contribution in [3.63, 3.8) is 0 Å². The predicted molar refractivity (Wildman–Crippen MR) is 177 cm³/mol. The standard InChI is InChI=1S/C37H47N3O5/c1-8-20-38(27-14-12-11-13-15-27)33(42)30-31-34(43)40(29(23-41)25(5)10-3)32(37(31)19-18-36(30,7)45-37)35(44)39(21-9-2)28-22-24(4)16-17-26(28)6/h8-9,11-17,22,25,29-32,41H,1-2,10,18-21,23H2,3-7H3/t25-,29-,30+,31-,32?,36-,37?/m0/s1. The van der Waals surface area contributed by atoms with E-state index in [-0.39, 0.29) is 43.3 Å². The van der Waals surface area contributed by atoms with Gasteiger partial charge >= 0.3 is 0 Å². The molecule has 2 bridgehead atoms. The number of rotatable bonds is 12. The third kappa shape index (κ3) is 5.22. The number of carbonyl (C=O) groups is 3. The van der Waals surface area contributed by atoms with Crippen LogP contribution in [0.5, 0.6) is 0 Å².